The summed E-state index contributed by atoms with van der Waals surface area (Å²) < 4.78 is 2.13. The second kappa shape index (κ2) is 8.45. The van der Waals surface area contributed by atoms with E-state index in [-0.39, 0.29) is 0 Å². The predicted octanol–water partition coefficient (Wildman–Crippen LogP) is 4.72. The van der Waals surface area contributed by atoms with Crippen LogP contribution >= 0.6 is 11.8 Å². The first-order valence-electron chi connectivity index (χ1n) is 9.42. The minimum Gasteiger partial charge on any atom is -0.384 e. The monoisotopic (exact) mass is 402 g/mol. The van der Waals surface area contributed by atoms with Crippen molar-refractivity contribution in [2.75, 3.05) is 5.73 Å². The molecule has 3 heterocycles. The van der Waals surface area contributed by atoms with E-state index in [1.165, 1.54) is 5.56 Å². The second-order valence-electron chi connectivity index (χ2n) is 6.97. The average molecular weight is 403 g/mol. The van der Waals surface area contributed by atoms with Gasteiger partial charge in [-0.25, -0.2) is 4.98 Å². The van der Waals surface area contributed by atoms with Gasteiger partial charge in [0.1, 0.15) is 5.82 Å². The summed E-state index contributed by atoms with van der Waals surface area (Å²) in [6, 6.07) is 16.2. The zero-order valence-corrected chi connectivity index (χ0v) is 17.2. The molecule has 4 aromatic rings. The first-order chi connectivity index (χ1) is 14.1. The molecule has 0 spiro atoms. The van der Waals surface area contributed by atoms with E-state index in [1.807, 2.05) is 36.5 Å². The highest BCUT2D eigenvalue weighted by Crippen LogP contribution is 2.33. The van der Waals surface area contributed by atoms with Crippen LogP contribution in [-0.4, -0.2) is 24.7 Å². The van der Waals surface area contributed by atoms with Crippen LogP contribution in [0.5, 0.6) is 0 Å². The summed E-state index contributed by atoms with van der Waals surface area (Å²) >= 11 is 1.63. The smallest absolute Gasteiger partial charge is 0.196 e. The van der Waals surface area contributed by atoms with E-state index in [0.717, 1.165) is 33.5 Å². The number of rotatable bonds is 6. The number of hydrogen-bond donors (Lipinski definition) is 1. The van der Waals surface area contributed by atoms with Crippen LogP contribution in [0.1, 0.15) is 30.9 Å². The molecule has 0 saturated heterocycles. The predicted molar refractivity (Wildman–Crippen MR) is 117 cm³/mol. The lowest BCUT2D eigenvalue weighted by Crippen LogP contribution is -2.05. The Bertz CT molecular complexity index is 1110. The molecule has 0 fully saturated rings. The number of pyridine rings is 2. The highest BCUT2D eigenvalue weighted by molar-refractivity contribution is 7.98. The molecule has 3 aromatic heterocycles. The maximum atomic E-state index is 5.82. The van der Waals surface area contributed by atoms with Gasteiger partial charge in [-0.2, -0.15) is 0 Å². The van der Waals surface area contributed by atoms with Crippen LogP contribution < -0.4 is 5.73 Å². The molecule has 6 nitrogen and oxygen atoms in total. The van der Waals surface area contributed by atoms with Crippen molar-refractivity contribution in [2.24, 2.45) is 0 Å². The number of nitrogens with zero attached hydrogens (tertiary/aromatic N) is 5. The maximum absolute atomic E-state index is 5.82. The molecule has 29 heavy (non-hydrogen) atoms. The summed E-state index contributed by atoms with van der Waals surface area (Å²) in [6.45, 7) is 4.39. The number of thioether (sulfide) groups is 1. The van der Waals surface area contributed by atoms with Crippen LogP contribution in [0.15, 0.2) is 72.3 Å². The van der Waals surface area contributed by atoms with Crippen LogP contribution in [0.4, 0.5) is 5.82 Å². The summed E-state index contributed by atoms with van der Waals surface area (Å²) in [7, 11) is 0. The molecule has 1 aromatic carbocycles. The molecule has 0 amide bonds. The van der Waals surface area contributed by atoms with E-state index in [0.29, 0.717) is 11.7 Å². The van der Waals surface area contributed by atoms with Gasteiger partial charge in [-0.05, 0) is 47.4 Å². The van der Waals surface area contributed by atoms with Gasteiger partial charge in [-0.3, -0.25) is 9.55 Å². The van der Waals surface area contributed by atoms with Gasteiger partial charge >= 0.3 is 0 Å². The molecule has 0 aliphatic carbocycles. The van der Waals surface area contributed by atoms with Crippen LogP contribution in [0.2, 0.25) is 0 Å². The number of para-hydroxylation sites is 1. The Hall–Kier alpha value is -3.19. The lowest BCUT2D eigenvalue weighted by molar-refractivity contribution is 0.818. The molecule has 0 aliphatic heterocycles. The lowest BCUT2D eigenvalue weighted by atomic mass is 10.0. The van der Waals surface area contributed by atoms with Crippen molar-refractivity contribution in [1.82, 2.24) is 24.7 Å². The van der Waals surface area contributed by atoms with E-state index in [1.54, 1.807) is 24.2 Å². The largest absolute Gasteiger partial charge is 0.384 e. The molecule has 0 aliphatic rings. The van der Waals surface area contributed by atoms with Gasteiger partial charge in [0.25, 0.3) is 0 Å². The van der Waals surface area contributed by atoms with Crippen molar-refractivity contribution in [3.63, 3.8) is 0 Å². The van der Waals surface area contributed by atoms with Gasteiger partial charge in [-0.1, -0.05) is 43.8 Å². The zero-order chi connectivity index (χ0) is 20.2. The average Bonchev–Trinajstić information content (AvgIpc) is 3.17. The summed E-state index contributed by atoms with van der Waals surface area (Å²) in [5.41, 5.74) is 10.2. The molecule has 0 bridgehead atoms. The molecular formula is C22H22N6S. The van der Waals surface area contributed by atoms with Gasteiger partial charge in [-0.15, -0.1) is 10.2 Å². The minimum absolute atomic E-state index is 0.369. The number of hydrogen-bond acceptors (Lipinski definition) is 6. The number of benzene rings is 1. The Balaban J connectivity index is 1.79. The Morgan fingerprint density at radius 3 is 2.66 bits per heavy atom. The van der Waals surface area contributed by atoms with Crippen molar-refractivity contribution in [3.05, 3.63) is 78.2 Å². The molecule has 146 valence electrons. The SMILES string of the molecule is CC(C)c1ccccc1-n1c(SCc2ccnc(N)c2)nnc1-c1cccnc1. The van der Waals surface area contributed by atoms with Gasteiger partial charge in [0.15, 0.2) is 11.0 Å². The Morgan fingerprint density at radius 2 is 1.90 bits per heavy atom. The fourth-order valence-corrected chi connectivity index (χ4v) is 4.06. The molecule has 0 atom stereocenters. The molecule has 0 saturated carbocycles. The van der Waals surface area contributed by atoms with Crippen molar-refractivity contribution in [2.45, 2.75) is 30.7 Å². The topological polar surface area (TPSA) is 82.5 Å². The molecular weight excluding hydrogens is 380 g/mol. The van der Waals surface area contributed by atoms with E-state index in [9.17, 15) is 0 Å². The molecule has 0 unspecified atom stereocenters. The van der Waals surface area contributed by atoms with Crippen molar-refractivity contribution in [1.29, 1.82) is 0 Å². The first kappa shape index (κ1) is 19.1. The summed E-state index contributed by atoms with van der Waals surface area (Å²) in [4.78, 5) is 8.32. The van der Waals surface area contributed by atoms with E-state index < -0.39 is 0 Å². The molecule has 7 heteroatoms. The molecule has 2 N–H and O–H groups in total. The third kappa shape index (κ3) is 4.14. The van der Waals surface area contributed by atoms with E-state index >= 15 is 0 Å². The maximum Gasteiger partial charge on any atom is 0.196 e. The quantitative estimate of drug-likeness (QED) is 0.470. The normalized spacial score (nSPS) is 11.1. The number of nitrogen functional groups attached to an aromatic ring is 1. The van der Waals surface area contributed by atoms with Crippen molar-refractivity contribution >= 4 is 17.6 Å². The van der Waals surface area contributed by atoms with Gasteiger partial charge in [0.2, 0.25) is 0 Å². The third-order valence-corrected chi connectivity index (χ3v) is 5.57. The van der Waals surface area contributed by atoms with Crippen LogP contribution in [0, 0.1) is 0 Å². The van der Waals surface area contributed by atoms with E-state index in [4.69, 9.17) is 5.73 Å². The molecule has 0 radical (unpaired) electrons. The number of anilines is 1. The zero-order valence-electron chi connectivity index (χ0n) is 16.4. The fourth-order valence-electron chi connectivity index (χ4n) is 3.17. The Kier molecular flexibility index (Phi) is 5.57. The van der Waals surface area contributed by atoms with Crippen LogP contribution in [-0.2, 0) is 5.75 Å². The van der Waals surface area contributed by atoms with Crippen molar-refractivity contribution < 1.29 is 0 Å². The number of aromatic nitrogens is 5. The Morgan fingerprint density at radius 1 is 1.03 bits per heavy atom. The number of nitrogens with two attached hydrogens (primary N) is 1. The fraction of sp³-hybridized carbons (Fsp3) is 0.182. The van der Waals surface area contributed by atoms with E-state index in [2.05, 4.69) is 56.8 Å². The highest BCUT2D eigenvalue weighted by atomic mass is 32.2. The molecule has 4 rings (SSSR count). The second-order valence-corrected chi connectivity index (χ2v) is 7.92. The summed E-state index contributed by atoms with van der Waals surface area (Å²) in [5.74, 6) is 2.39. The van der Waals surface area contributed by atoms with Gasteiger partial charge < -0.3 is 5.73 Å². The van der Waals surface area contributed by atoms with Crippen LogP contribution in [0.25, 0.3) is 17.1 Å². The van der Waals surface area contributed by atoms with Crippen LogP contribution in [0.3, 0.4) is 0 Å². The van der Waals surface area contributed by atoms with Gasteiger partial charge in [0, 0.05) is 29.9 Å². The summed E-state index contributed by atoms with van der Waals surface area (Å²) in [5, 5.41) is 9.84. The lowest BCUT2D eigenvalue weighted by Gasteiger charge is -2.16. The minimum atomic E-state index is 0.369. The Labute approximate surface area is 174 Å². The third-order valence-electron chi connectivity index (χ3n) is 4.57. The van der Waals surface area contributed by atoms with Gasteiger partial charge in [0.05, 0.1) is 5.69 Å². The first-order valence-corrected chi connectivity index (χ1v) is 10.4. The highest BCUT2D eigenvalue weighted by Gasteiger charge is 2.19. The standard InChI is InChI=1S/C22H22N6S/c1-15(2)18-7-3-4-8-19(18)28-21(17-6-5-10-24-13-17)26-27-22(28)29-14-16-9-11-25-20(23)12-16/h3-13,15H,14H2,1-2H3,(H2,23,25). The van der Waals surface area contributed by atoms with Crippen molar-refractivity contribution in [3.8, 4) is 17.1 Å². The summed E-state index contributed by atoms with van der Waals surface area (Å²) in [6.07, 6.45) is 5.30.